The molecule has 2 unspecified atom stereocenters. The molecule has 7 heteroatoms. The van der Waals surface area contributed by atoms with E-state index in [1.807, 2.05) is 30.3 Å². The van der Waals surface area contributed by atoms with Crippen LogP contribution in [0.1, 0.15) is 12.0 Å². The van der Waals surface area contributed by atoms with Crippen LogP contribution in [0, 0.1) is 0 Å². The topological polar surface area (TPSA) is 96.9 Å². The number of hydrogen-bond acceptors (Lipinski definition) is 5. The van der Waals surface area contributed by atoms with Crippen LogP contribution in [0.3, 0.4) is 0 Å². The third-order valence-electron chi connectivity index (χ3n) is 3.31. The van der Waals surface area contributed by atoms with Crippen molar-refractivity contribution in [2.75, 3.05) is 19.7 Å². The minimum atomic E-state index is -1.11. The summed E-state index contributed by atoms with van der Waals surface area (Å²) in [4.78, 5) is 23.0. The largest absolute Gasteiger partial charge is 0.480 e. The predicted octanol–water partition coefficient (Wildman–Crippen LogP) is 0.745. The first-order valence-corrected chi connectivity index (χ1v) is 7.17. The molecule has 1 heterocycles. The molecule has 0 radical (unpaired) electrons. The summed E-state index contributed by atoms with van der Waals surface area (Å²) in [5.74, 6) is -1.11. The summed E-state index contributed by atoms with van der Waals surface area (Å²) in [6.07, 6.45) is -0.785. The molecule has 1 aromatic rings. The van der Waals surface area contributed by atoms with Crippen LogP contribution in [0.25, 0.3) is 0 Å². The SMILES string of the molecule is O=C(NC(CC1CNCCO1)C(=O)O)OCc1ccccc1. The maximum Gasteiger partial charge on any atom is 0.408 e. The number of carboxylic acid groups (broad SMARTS) is 1. The number of carboxylic acids is 1. The third kappa shape index (κ3) is 5.34. The highest BCUT2D eigenvalue weighted by molar-refractivity contribution is 5.79. The van der Waals surface area contributed by atoms with E-state index in [-0.39, 0.29) is 19.1 Å². The first-order valence-electron chi connectivity index (χ1n) is 7.17. The van der Waals surface area contributed by atoms with Gasteiger partial charge in [0.15, 0.2) is 0 Å². The van der Waals surface area contributed by atoms with Gasteiger partial charge in [0.1, 0.15) is 12.6 Å². The number of benzene rings is 1. The first kappa shape index (κ1) is 16.3. The standard InChI is InChI=1S/C15H20N2O5/c18-14(19)13(8-12-9-16-6-7-21-12)17-15(20)22-10-11-4-2-1-3-5-11/h1-5,12-13,16H,6-10H2,(H,17,20)(H,18,19). The Morgan fingerprint density at radius 1 is 1.41 bits per heavy atom. The minimum Gasteiger partial charge on any atom is -0.480 e. The third-order valence-corrected chi connectivity index (χ3v) is 3.31. The zero-order valence-corrected chi connectivity index (χ0v) is 12.2. The van der Waals surface area contributed by atoms with Crippen molar-refractivity contribution in [3.05, 3.63) is 35.9 Å². The van der Waals surface area contributed by atoms with Crippen molar-refractivity contribution in [2.24, 2.45) is 0 Å². The number of amides is 1. The van der Waals surface area contributed by atoms with E-state index < -0.39 is 18.1 Å². The molecule has 0 aromatic heterocycles. The van der Waals surface area contributed by atoms with Crippen molar-refractivity contribution in [3.63, 3.8) is 0 Å². The summed E-state index contributed by atoms with van der Waals surface area (Å²) in [6, 6.07) is 8.15. The van der Waals surface area contributed by atoms with Gasteiger partial charge in [-0.05, 0) is 5.56 Å². The normalized spacial score (nSPS) is 19.2. The molecule has 1 aliphatic rings. The van der Waals surface area contributed by atoms with Gasteiger partial charge in [-0.1, -0.05) is 30.3 Å². The van der Waals surface area contributed by atoms with Crippen molar-refractivity contribution in [2.45, 2.75) is 25.2 Å². The Labute approximate surface area is 128 Å². The zero-order valence-electron chi connectivity index (χ0n) is 12.2. The average Bonchev–Trinajstić information content (AvgIpc) is 2.54. The van der Waals surface area contributed by atoms with Gasteiger partial charge in [-0.25, -0.2) is 9.59 Å². The quantitative estimate of drug-likeness (QED) is 0.717. The number of ether oxygens (including phenoxy) is 2. The maximum atomic E-state index is 11.7. The fourth-order valence-corrected chi connectivity index (χ4v) is 2.16. The Bertz CT molecular complexity index is 488. The summed E-state index contributed by atoms with van der Waals surface area (Å²) in [6.45, 7) is 1.96. The second-order valence-electron chi connectivity index (χ2n) is 5.03. The van der Waals surface area contributed by atoms with E-state index in [2.05, 4.69) is 10.6 Å². The van der Waals surface area contributed by atoms with E-state index >= 15 is 0 Å². The predicted molar refractivity (Wildman–Crippen MR) is 78.4 cm³/mol. The minimum absolute atomic E-state index is 0.0977. The van der Waals surface area contributed by atoms with Crippen LogP contribution < -0.4 is 10.6 Å². The number of hydrogen-bond donors (Lipinski definition) is 3. The lowest BCUT2D eigenvalue weighted by molar-refractivity contribution is -0.140. The van der Waals surface area contributed by atoms with E-state index in [1.54, 1.807) is 0 Å². The number of carbonyl (C=O) groups is 2. The molecular formula is C15H20N2O5. The molecule has 2 atom stereocenters. The van der Waals surface area contributed by atoms with Crippen molar-refractivity contribution in [1.82, 2.24) is 10.6 Å². The van der Waals surface area contributed by atoms with E-state index in [9.17, 15) is 14.7 Å². The van der Waals surface area contributed by atoms with Gasteiger partial charge in [-0.3, -0.25) is 0 Å². The second kappa shape index (κ2) is 8.35. The number of rotatable bonds is 6. The van der Waals surface area contributed by atoms with Gasteiger partial charge >= 0.3 is 12.1 Å². The summed E-state index contributed by atoms with van der Waals surface area (Å²) in [5.41, 5.74) is 0.837. The number of morpholine rings is 1. The van der Waals surface area contributed by atoms with Crippen LogP contribution in [-0.4, -0.2) is 49.0 Å². The molecule has 7 nitrogen and oxygen atoms in total. The van der Waals surface area contributed by atoms with Crippen molar-refractivity contribution < 1.29 is 24.2 Å². The lowest BCUT2D eigenvalue weighted by Gasteiger charge is -2.26. The van der Waals surface area contributed by atoms with Crippen LogP contribution in [0.2, 0.25) is 0 Å². The van der Waals surface area contributed by atoms with Gasteiger partial charge < -0.3 is 25.2 Å². The number of alkyl carbamates (subject to hydrolysis) is 1. The van der Waals surface area contributed by atoms with E-state index in [0.29, 0.717) is 13.2 Å². The Morgan fingerprint density at radius 2 is 2.18 bits per heavy atom. The average molecular weight is 308 g/mol. The van der Waals surface area contributed by atoms with Crippen LogP contribution in [-0.2, 0) is 20.9 Å². The smallest absolute Gasteiger partial charge is 0.408 e. The monoisotopic (exact) mass is 308 g/mol. The van der Waals surface area contributed by atoms with Crippen LogP contribution in [0.4, 0.5) is 4.79 Å². The Balaban J connectivity index is 1.79. The Hall–Kier alpha value is -2.12. The van der Waals surface area contributed by atoms with Crippen molar-refractivity contribution >= 4 is 12.1 Å². The van der Waals surface area contributed by atoms with Crippen molar-refractivity contribution in [1.29, 1.82) is 0 Å². The molecule has 0 aliphatic carbocycles. The highest BCUT2D eigenvalue weighted by Crippen LogP contribution is 2.07. The maximum absolute atomic E-state index is 11.7. The van der Waals surface area contributed by atoms with Gasteiger partial charge in [0.2, 0.25) is 0 Å². The molecule has 0 spiro atoms. The molecule has 2 rings (SSSR count). The fourth-order valence-electron chi connectivity index (χ4n) is 2.16. The summed E-state index contributed by atoms with van der Waals surface area (Å²) in [7, 11) is 0. The molecule has 22 heavy (non-hydrogen) atoms. The number of carbonyl (C=O) groups excluding carboxylic acids is 1. The fraction of sp³-hybridized carbons (Fsp3) is 0.467. The second-order valence-corrected chi connectivity index (χ2v) is 5.03. The van der Waals surface area contributed by atoms with Crippen molar-refractivity contribution in [3.8, 4) is 0 Å². The van der Waals surface area contributed by atoms with Gasteiger partial charge in [0, 0.05) is 19.5 Å². The van der Waals surface area contributed by atoms with Crippen LogP contribution in [0.15, 0.2) is 30.3 Å². The molecular weight excluding hydrogens is 288 g/mol. The first-order chi connectivity index (χ1) is 10.6. The molecule has 120 valence electrons. The van der Waals surface area contributed by atoms with E-state index in [0.717, 1.165) is 12.1 Å². The molecule has 0 saturated carbocycles. The Kier molecular flexibility index (Phi) is 6.17. The van der Waals surface area contributed by atoms with Gasteiger partial charge in [-0.2, -0.15) is 0 Å². The molecule has 3 N–H and O–H groups in total. The van der Waals surface area contributed by atoms with Gasteiger partial charge in [0.25, 0.3) is 0 Å². The highest BCUT2D eigenvalue weighted by Gasteiger charge is 2.26. The molecule has 1 aliphatic heterocycles. The van der Waals surface area contributed by atoms with Crippen LogP contribution in [0.5, 0.6) is 0 Å². The van der Waals surface area contributed by atoms with E-state index in [4.69, 9.17) is 9.47 Å². The molecule has 1 aromatic carbocycles. The number of aliphatic carboxylic acids is 1. The van der Waals surface area contributed by atoms with Crippen LogP contribution >= 0.6 is 0 Å². The highest BCUT2D eigenvalue weighted by atomic mass is 16.5. The molecule has 1 amide bonds. The lowest BCUT2D eigenvalue weighted by atomic mass is 10.1. The lowest BCUT2D eigenvalue weighted by Crippen LogP contribution is -2.47. The summed E-state index contributed by atoms with van der Waals surface area (Å²) in [5, 5.41) is 14.7. The Morgan fingerprint density at radius 3 is 2.82 bits per heavy atom. The molecule has 1 saturated heterocycles. The van der Waals surface area contributed by atoms with E-state index in [1.165, 1.54) is 0 Å². The summed E-state index contributed by atoms with van der Waals surface area (Å²) < 4.78 is 10.5. The number of nitrogens with one attached hydrogen (secondary N) is 2. The van der Waals surface area contributed by atoms with Gasteiger partial charge in [0.05, 0.1) is 12.7 Å². The van der Waals surface area contributed by atoms with Gasteiger partial charge in [-0.15, -0.1) is 0 Å². The molecule has 0 bridgehead atoms. The molecule has 1 fully saturated rings. The summed E-state index contributed by atoms with van der Waals surface area (Å²) >= 11 is 0. The zero-order chi connectivity index (χ0) is 15.8.